The number of halogens is 2. The van der Waals surface area contributed by atoms with E-state index >= 15 is 0 Å². The summed E-state index contributed by atoms with van der Waals surface area (Å²) >= 11 is 3.13. The van der Waals surface area contributed by atoms with Gasteiger partial charge in [-0.05, 0) is 52.9 Å². The number of hydrogen-bond acceptors (Lipinski definition) is 2. The molecule has 0 heterocycles. The van der Waals surface area contributed by atoms with Gasteiger partial charge in [0, 0.05) is 12.0 Å². The number of aliphatic carboxylic acids is 1. The molecule has 0 radical (unpaired) electrons. The molecule has 0 bridgehead atoms. The molecule has 120 valence electrons. The number of amides is 1. The van der Waals surface area contributed by atoms with Crippen molar-refractivity contribution in [3.8, 4) is 0 Å². The Morgan fingerprint density at radius 2 is 2.18 bits per heavy atom. The van der Waals surface area contributed by atoms with E-state index in [1.807, 2.05) is 0 Å². The Bertz CT molecular complexity index is 579. The second-order valence-electron chi connectivity index (χ2n) is 5.84. The van der Waals surface area contributed by atoms with Crippen molar-refractivity contribution in [3.63, 3.8) is 0 Å². The molecule has 0 aromatic heterocycles. The lowest BCUT2D eigenvalue weighted by Gasteiger charge is -2.20. The number of carbonyl (C=O) groups is 2. The van der Waals surface area contributed by atoms with Gasteiger partial charge in [-0.2, -0.15) is 0 Å². The molecular formula is C16H19BrFNO3. The summed E-state index contributed by atoms with van der Waals surface area (Å²) in [6.07, 6.45) is 2.62. The summed E-state index contributed by atoms with van der Waals surface area (Å²) < 4.78 is 13.6. The van der Waals surface area contributed by atoms with Gasteiger partial charge in [-0.15, -0.1) is 0 Å². The van der Waals surface area contributed by atoms with Crippen LogP contribution >= 0.6 is 15.9 Å². The maximum absolute atomic E-state index is 13.2. The molecule has 3 atom stereocenters. The molecule has 1 saturated carbocycles. The summed E-state index contributed by atoms with van der Waals surface area (Å²) in [4.78, 5) is 23.4. The number of carboxylic acids is 1. The Morgan fingerprint density at radius 1 is 1.45 bits per heavy atom. The molecule has 4 nitrogen and oxygen atoms in total. The zero-order valence-electron chi connectivity index (χ0n) is 12.3. The predicted octanol–water partition coefficient (Wildman–Crippen LogP) is 3.14. The van der Waals surface area contributed by atoms with Crippen LogP contribution in [0, 0.1) is 17.7 Å². The van der Waals surface area contributed by atoms with Gasteiger partial charge in [-0.25, -0.2) is 4.39 Å². The molecule has 0 spiro atoms. The lowest BCUT2D eigenvalue weighted by atomic mass is 9.98. The average molecular weight is 372 g/mol. The first kappa shape index (κ1) is 16.9. The summed E-state index contributed by atoms with van der Waals surface area (Å²) in [5, 5.41) is 12.0. The largest absolute Gasteiger partial charge is 0.481 e. The van der Waals surface area contributed by atoms with Crippen molar-refractivity contribution in [3.05, 3.63) is 34.1 Å². The van der Waals surface area contributed by atoms with Crippen LogP contribution in [0.25, 0.3) is 0 Å². The monoisotopic (exact) mass is 371 g/mol. The Balaban J connectivity index is 1.94. The molecule has 1 aromatic carbocycles. The fourth-order valence-corrected chi connectivity index (χ4v) is 3.29. The lowest BCUT2D eigenvalue weighted by Crippen LogP contribution is -2.42. The van der Waals surface area contributed by atoms with Crippen molar-refractivity contribution in [2.24, 2.45) is 11.8 Å². The van der Waals surface area contributed by atoms with Crippen molar-refractivity contribution in [2.75, 3.05) is 0 Å². The van der Waals surface area contributed by atoms with E-state index in [-0.39, 0.29) is 23.7 Å². The Morgan fingerprint density at radius 3 is 2.82 bits per heavy atom. The van der Waals surface area contributed by atoms with Gasteiger partial charge in [0.15, 0.2) is 0 Å². The van der Waals surface area contributed by atoms with Crippen LogP contribution in [0.1, 0.15) is 31.7 Å². The topological polar surface area (TPSA) is 66.4 Å². The number of nitrogens with one attached hydrogen (secondary N) is 1. The van der Waals surface area contributed by atoms with Crippen molar-refractivity contribution >= 4 is 27.8 Å². The van der Waals surface area contributed by atoms with E-state index in [9.17, 15) is 14.0 Å². The van der Waals surface area contributed by atoms with Crippen molar-refractivity contribution in [1.29, 1.82) is 0 Å². The number of rotatable bonds is 5. The fourth-order valence-electron chi connectivity index (χ4n) is 2.87. The first-order valence-electron chi connectivity index (χ1n) is 7.35. The maximum Gasteiger partial charge on any atom is 0.308 e. The lowest BCUT2D eigenvalue weighted by molar-refractivity contribution is -0.142. The third-order valence-electron chi connectivity index (χ3n) is 4.13. The third-order valence-corrected chi connectivity index (χ3v) is 4.74. The van der Waals surface area contributed by atoms with Crippen molar-refractivity contribution in [2.45, 2.75) is 38.6 Å². The smallest absolute Gasteiger partial charge is 0.308 e. The summed E-state index contributed by atoms with van der Waals surface area (Å²) in [5.74, 6) is -2.13. The zero-order chi connectivity index (χ0) is 16.3. The second-order valence-corrected chi connectivity index (χ2v) is 6.70. The highest BCUT2D eigenvalue weighted by Gasteiger charge is 2.34. The SMILES string of the molecule is CC(Cc1ccc(F)c(Br)c1)C(=O)NC1CCCC1C(=O)O. The van der Waals surface area contributed by atoms with Crippen molar-refractivity contribution in [1.82, 2.24) is 5.32 Å². The Hall–Kier alpha value is -1.43. The average Bonchev–Trinajstić information content (AvgIpc) is 2.91. The van der Waals surface area contributed by atoms with Gasteiger partial charge in [0.2, 0.25) is 5.91 Å². The van der Waals surface area contributed by atoms with E-state index in [1.54, 1.807) is 19.1 Å². The zero-order valence-corrected chi connectivity index (χ0v) is 13.9. The van der Waals surface area contributed by atoms with E-state index in [2.05, 4.69) is 21.2 Å². The van der Waals surface area contributed by atoms with Gasteiger partial charge >= 0.3 is 5.97 Å². The standard InChI is InChI=1S/C16H19BrFNO3/c1-9(7-10-5-6-13(18)12(17)8-10)15(20)19-14-4-2-3-11(14)16(21)22/h5-6,8-9,11,14H,2-4,7H2,1H3,(H,19,20)(H,21,22). The summed E-state index contributed by atoms with van der Waals surface area (Å²) in [6, 6.07) is 4.39. The highest BCUT2D eigenvalue weighted by molar-refractivity contribution is 9.10. The van der Waals surface area contributed by atoms with Gasteiger partial charge in [-0.3, -0.25) is 9.59 Å². The third kappa shape index (κ3) is 4.06. The molecule has 0 aliphatic heterocycles. The van der Waals surface area contributed by atoms with Gasteiger partial charge in [0.25, 0.3) is 0 Å². The quantitative estimate of drug-likeness (QED) is 0.835. The molecule has 0 saturated heterocycles. The number of hydrogen-bond donors (Lipinski definition) is 2. The second kappa shape index (κ2) is 7.22. The number of carboxylic acid groups (broad SMARTS) is 1. The number of benzene rings is 1. The molecule has 6 heteroatoms. The van der Waals surface area contributed by atoms with Crippen LogP contribution in [0.3, 0.4) is 0 Å². The Labute approximate surface area is 137 Å². The maximum atomic E-state index is 13.2. The van der Waals surface area contributed by atoms with Crippen LogP contribution in [-0.2, 0) is 16.0 Å². The molecule has 1 aromatic rings. The molecule has 1 aliphatic rings. The van der Waals surface area contributed by atoms with E-state index in [0.717, 1.165) is 12.0 Å². The van der Waals surface area contributed by atoms with Crippen molar-refractivity contribution < 1.29 is 19.1 Å². The molecule has 1 amide bonds. The molecule has 22 heavy (non-hydrogen) atoms. The normalized spacial score (nSPS) is 22.3. The molecule has 3 unspecified atom stereocenters. The van der Waals surface area contributed by atoms with Crippen LogP contribution in [0.2, 0.25) is 0 Å². The Kier molecular flexibility index (Phi) is 5.56. The fraction of sp³-hybridized carbons (Fsp3) is 0.500. The minimum atomic E-state index is -0.849. The minimum Gasteiger partial charge on any atom is -0.481 e. The minimum absolute atomic E-state index is 0.154. The van der Waals surface area contributed by atoms with E-state index in [0.29, 0.717) is 23.7 Å². The first-order valence-corrected chi connectivity index (χ1v) is 8.15. The summed E-state index contributed by atoms with van der Waals surface area (Å²) in [5.41, 5.74) is 0.858. The van der Waals surface area contributed by atoms with Gasteiger partial charge in [-0.1, -0.05) is 19.4 Å². The van der Waals surface area contributed by atoms with Gasteiger partial charge in [0.1, 0.15) is 5.82 Å². The van der Waals surface area contributed by atoms with Gasteiger partial charge < -0.3 is 10.4 Å². The first-order chi connectivity index (χ1) is 10.4. The molecular weight excluding hydrogens is 353 g/mol. The van der Waals surface area contributed by atoms with E-state index in [4.69, 9.17) is 5.11 Å². The highest BCUT2D eigenvalue weighted by atomic mass is 79.9. The van der Waals surface area contributed by atoms with E-state index in [1.165, 1.54) is 6.07 Å². The van der Waals surface area contributed by atoms with E-state index < -0.39 is 11.9 Å². The summed E-state index contributed by atoms with van der Waals surface area (Å²) in [6.45, 7) is 1.79. The van der Waals surface area contributed by atoms with Gasteiger partial charge in [0.05, 0.1) is 10.4 Å². The predicted molar refractivity (Wildman–Crippen MR) is 83.9 cm³/mol. The van der Waals surface area contributed by atoms with Crippen LogP contribution in [0.5, 0.6) is 0 Å². The van der Waals surface area contributed by atoms with Crippen LogP contribution in [0.4, 0.5) is 4.39 Å². The summed E-state index contributed by atoms with van der Waals surface area (Å²) in [7, 11) is 0. The number of carbonyl (C=O) groups excluding carboxylic acids is 1. The highest BCUT2D eigenvalue weighted by Crippen LogP contribution is 2.26. The molecule has 2 rings (SSSR count). The van der Waals surface area contributed by atoms with Crippen LogP contribution in [-0.4, -0.2) is 23.0 Å². The molecule has 1 fully saturated rings. The van der Waals surface area contributed by atoms with Crippen LogP contribution < -0.4 is 5.32 Å². The molecule has 2 N–H and O–H groups in total. The van der Waals surface area contributed by atoms with Crippen LogP contribution in [0.15, 0.2) is 22.7 Å². The molecule has 1 aliphatic carbocycles.